The zero-order valence-corrected chi connectivity index (χ0v) is 33.5. The summed E-state index contributed by atoms with van der Waals surface area (Å²) in [6, 6.07) is 75.5. The normalized spacial score (nSPS) is 13.1. The molecule has 0 amide bonds. The van der Waals surface area contributed by atoms with Gasteiger partial charge in [0.2, 0.25) is 0 Å². The first-order chi connectivity index (χ1) is 30.7. The van der Waals surface area contributed by atoms with Gasteiger partial charge in [0, 0.05) is 44.0 Å². The smallest absolute Gasteiger partial charge is 0.160 e. The molecule has 11 aromatic rings. The fourth-order valence-corrected chi connectivity index (χ4v) is 10.3. The monoisotopic (exact) mass is 789 g/mol. The molecule has 0 saturated heterocycles. The molecule has 4 heteroatoms. The third-order valence-corrected chi connectivity index (χ3v) is 12.9. The van der Waals surface area contributed by atoms with E-state index >= 15 is 0 Å². The van der Waals surface area contributed by atoms with Crippen LogP contribution in [-0.2, 0) is 5.41 Å². The zero-order chi connectivity index (χ0) is 40.8. The number of fused-ring (bicyclic) bond motifs is 13. The Kier molecular flexibility index (Phi) is 7.49. The highest BCUT2D eigenvalue weighted by Gasteiger charge is 2.52. The van der Waals surface area contributed by atoms with Gasteiger partial charge in [-0.25, -0.2) is 15.0 Å². The largest absolute Gasteiger partial charge is 0.457 e. The molecule has 1 spiro atoms. The predicted molar refractivity (Wildman–Crippen MR) is 251 cm³/mol. The highest BCUT2D eigenvalue weighted by atomic mass is 16.5. The molecular formula is C58H35N3O. The van der Waals surface area contributed by atoms with E-state index in [9.17, 15) is 0 Å². The van der Waals surface area contributed by atoms with Gasteiger partial charge in [-0.05, 0) is 75.2 Å². The number of hydrogen-bond acceptors (Lipinski definition) is 4. The van der Waals surface area contributed by atoms with Gasteiger partial charge in [0.1, 0.15) is 11.5 Å². The molecule has 1 aliphatic carbocycles. The molecule has 0 unspecified atom stereocenters. The quantitative estimate of drug-likeness (QED) is 0.167. The molecule has 0 saturated carbocycles. The summed E-state index contributed by atoms with van der Waals surface area (Å²) < 4.78 is 6.75. The van der Waals surface area contributed by atoms with Gasteiger partial charge < -0.3 is 4.74 Å². The van der Waals surface area contributed by atoms with Crippen LogP contribution >= 0.6 is 0 Å². The Hall–Kier alpha value is -8.21. The van der Waals surface area contributed by atoms with Crippen LogP contribution in [0.15, 0.2) is 212 Å². The lowest BCUT2D eigenvalue weighted by Crippen LogP contribution is -2.32. The van der Waals surface area contributed by atoms with E-state index in [-0.39, 0.29) is 0 Å². The fourth-order valence-electron chi connectivity index (χ4n) is 10.3. The summed E-state index contributed by atoms with van der Waals surface area (Å²) in [4.78, 5) is 15.5. The maximum atomic E-state index is 6.75. The summed E-state index contributed by atoms with van der Waals surface area (Å²) in [6.45, 7) is 0. The van der Waals surface area contributed by atoms with Crippen molar-refractivity contribution >= 4 is 32.6 Å². The highest BCUT2D eigenvalue weighted by Crippen LogP contribution is 2.64. The Morgan fingerprint density at radius 3 is 1.60 bits per heavy atom. The van der Waals surface area contributed by atoms with E-state index in [0.29, 0.717) is 5.82 Å². The summed E-state index contributed by atoms with van der Waals surface area (Å²) in [7, 11) is 0. The number of benzene rings is 9. The maximum Gasteiger partial charge on any atom is 0.160 e. The second-order valence-electron chi connectivity index (χ2n) is 16.2. The molecule has 0 atom stereocenters. The summed E-state index contributed by atoms with van der Waals surface area (Å²) in [6.07, 6.45) is 0. The van der Waals surface area contributed by atoms with Crippen LogP contribution in [0, 0.1) is 0 Å². The van der Waals surface area contributed by atoms with Crippen molar-refractivity contribution in [2.24, 2.45) is 0 Å². The Bertz CT molecular complexity index is 3550. The first kappa shape index (κ1) is 34.6. The van der Waals surface area contributed by atoms with E-state index in [1.54, 1.807) is 0 Å². The van der Waals surface area contributed by atoms with Crippen LogP contribution in [0.2, 0.25) is 0 Å². The molecule has 0 fully saturated rings. The Morgan fingerprint density at radius 1 is 0.323 bits per heavy atom. The standard InChI is InChI=1S/C58H35N3O/c1-3-16-37(17-4-1)56-44-34-45-49(35-43(44)41-20-7-11-26-50(41)59-56)58(46-23-9-13-28-52(46)62-53-29-14-10-24-47(53)58)48-25-15-22-40(54(45)48)36-30-32-38(33-31-36)55-42-21-8-12-27-51(42)60-57(61-55)39-18-5-2-6-19-39/h1-35H. The molecule has 4 nitrogen and oxygen atoms in total. The summed E-state index contributed by atoms with van der Waals surface area (Å²) in [5, 5.41) is 4.46. The number of hydrogen-bond donors (Lipinski definition) is 0. The number of para-hydroxylation sites is 4. The second kappa shape index (κ2) is 13.4. The third-order valence-electron chi connectivity index (χ3n) is 12.9. The van der Waals surface area contributed by atoms with E-state index in [0.717, 1.165) is 83.5 Å². The topological polar surface area (TPSA) is 47.9 Å². The number of aromatic nitrogens is 3. The minimum absolute atomic E-state index is 0.648. The van der Waals surface area contributed by atoms with Gasteiger partial charge in [0.05, 0.1) is 27.8 Å². The van der Waals surface area contributed by atoms with Crippen molar-refractivity contribution in [3.63, 3.8) is 0 Å². The maximum absolute atomic E-state index is 6.75. The van der Waals surface area contributed by atoms with Gasteiger partial charge in [-0.2, -0.15) is 0 Å². The summed E-state index contributed by atoms with van der Waals surface area (Å²) in [5.41, 5.74) is 15.7. The molecule has 288 valence electrons. The molecular weight excluding hydrogens is 755 g/mol. The lowest BCUT2D eigenvalue weighted by Gasteiger charge is -2.39. The molecule has 2 aliphatic rings. The van der Waals surface area contributed by atoms with Crippen LogP contribution in [0.5, 0.6) is 11.5 Å². The third kappa shape index (κ3) is 4.98. The number of ether oxygens (including phenoxy) is 1. The lowest BCUT2D eigenvalue weighted by atomic mass is 9.66. The Labute approximate surface area is 358 Å². The molecule has 9 aromatic carbocycles. The van der Waals surface area contributed by atoms with Crippen LogP contribution in [-0.4, -0.2) is 15.0 Å². The first-order valence-electron chi connectivity index (χ1n) is 21.1. The summed E-state index contributed by atoms with van der Waals surface area (Å²) in [5.74, 6) is 2.46. The average molecular weight is 790 g/mol. The van der Waals surface area contributed by atoms with Crippen LogP contribution < -0.4 is 4.74 Å². The van der Waals surface area contributed by atoms with Crippen molar-refractivity contribution in [3.8, 4) is 67.7 Å². The molecule has 3 heterocycles. The van der Waals surface area contributed by atoms with Gasteiger partial charge in [-0.1, -0.05) is 176 Å². The number of nitrogens with zero attached hydrogens (tertiary/aromatic N) is 3. The van der Waals surface area contributed by atoms with Crippen molar-refractivity contribution in [1.82, 2.24) is 15.0 Å². The molecule has 0 radical (unpaired) electrons. The molecule has 13 rings (SSSR count). The molecule has 62 heavy (non-hydrogen) atoms. The average Bonchev–Trinajstić information content (AvgIpc) is 3.63. The number of rotatable bonds is 4. The first-order valence-corrected chi connectivity index (χ1v) is 21.1. The van der Waals surface area contributed by atoms with E-state index < -0.39 is 5.41 Å². The van der Waals surface area contributed by atoms with Gasteiger partial charge >= 0.3 is 0 Å². The molecule has 0 bridgehead atoms. The molecule has 0 N–H and O–H groups in total. The van der Waals surface area contributed by atoms with Crippen molar-refractivity contribution in [3.05, 3.63) is 235 Å². The lowest BCUT2D eigenvalue weighted by molar-refractivity contribution is 0.436. The van der Waals surface area contributed by atoms with Crippen molar-refractivity contribution < 1.29 is 4.74 Å². The Balaban J connectivity index is 1.09. The minimum atomic E-state index is -0.648. The highest BCUT2D eigenvalue weighted by molar-refractivity contribution is 6.14. The van der Waals surface area contributed by atoms with Crippen LogP contribution in [0.3, 0.4) is 0 Å². The van der Waals surface area contributed by atoms with Crippen LogP contribution in [0.4, 0.5) is 0 Å². The van der Waals surface area contributed by atoms with Crippen molar-refractivity contribution in [2.75, 3.05) is 0 Å². The zero-order valence-electron chi connectivity index (χ0n) is 33.5. The predicted octanol–water partition coefficient (Wildman–Crippen LogP) is 14.5. The van der Waals surface area contributed by atoms with Crippen LogP contribution in [0.25, 0.3) is 88.7 Å². The van der Waals surface area contributed by atoms with Crippen molar-refractivity contribution in [1.29, 1.82) is 0 Å². The van der Waals surface area contributed by atoms with E-state index in [1.807, 2.05) is 24.3 Å². The second-order valence-corrected chi connectivity index (χ2v) is 16.2. The summed E-state index contributed by atoms with van der Waals surface area (Å²) >= 11 is 0. The van der Waals surface area contributed by atoms with Gasteiger partial charge in [-0.15, -0.1) is 0 Å². The van der Waals surface area contributed by atoms with E-state index in [2.05, 4.69) is 188 Å². The van der Waals surface area contributed by atoms with Crippen LogP contribution in [0.1, 0.15) is 22.3 Å². The van der Waals surface area contributed by atoms with Gasteiger partial charge in [0.25, 0.3) is 0 Å². The molecule has 1 aliphatic heterocycles. The van der Waals surface area contributed by atoms with Crippen molar-refractivity contribution in [2.45, 2.75) is 5.41 Å². The fraction of sp³-hybridized carbons (Fsp3) is 0.0172. The SMILES string of the molecule is c1ccc(-c2nc(-c3ccc(-c4cccc5c4-c4cc6c(-c7ccccc7)nc7ccccc7c6cc4C54c5ccccc5Oc5ccccc54)cc3)c3ccccc3n2)cc1. The van der Waals surface area contributed by atoms with E-state index in [1.165, 1.54) is 33.2 Å². The molecule has 2 aromatic heterocycles. The van der Waals surface area contributed by atoms with Gasteiger partial charge in [0.15, 0.2) is 5.82 Å². The van der Waals surface area contributed by atoms with Gasteiger partial charge in [-0.3, -0.25) is 0 Å². The minimum Gasteiger partial charge on any atom is -0.457 e. The number of pyridine rings is 1. The Morgan fingerprint density at radius 2 is 0.871 bits per heavy atom. The van der Waals surface area contributed by atoms with E-state index in [4.69, 9.17) is 19.7 Å².